The predicted molar refractivity (Wildman–Crippen MR) is 66.1 cm³/mol. The lowest BCUT2D eigenvalue weighted by Gasteiger charge is -2.36. The van der Waals surface area contributed by atoms with Gasteiger partial charge in [-0.15, -0.1) is 0 Å². The molecule has 0 spiro atoms. The van der Waals surface area contributed by atoms with Crippen LogP contribution in [-0.2, 0) is 16.0 Å². The van der Waals surface area contributed by atoms with Gasteiger partial charge in [0.15, 0.2) is 0 Å². The number of aliphatic hydroxyl groups is 1. The minimum Gasteiger partial charge on any atom is -0.480 e. The number of rotatable bonds is 4. The Balaban J connectivity index is 2.20. The van der Waals surface area contributed by atoms with Crippen molar-refractivity contribution in [2.75, 3.05) is 0 Å². The smallest absolute Gasteiger partial charge is 0.326 e. The Hall–Kier alpha value is -1.95. The number of nitrogens with zero attached hydrogens (tertiary/aromatic N) is 2. The molecule has 2 atom stereocenters. The largest absolute Gasteiger partial charge is 0.480 e. The van der Waals surface area contributed by atoms with Gasteiger partial charge in [-0.3, -0.25) is 9.78 Å². The number of carbonyl (C=O) groups is 2. The molecule has 102 valence electrons. The summed E-state index contributed by atoms with van der Waals surface area (Å²) in [6.07, 6.45) is 1.93. The first kappa shape index (κ1) is 13.5. The molecule has 0 saturated carbocycles. The maximum Gasteiger partial charge on any atom is 0.326 e. The van der Waals surface area contributed by atoms with Crippen LogP contribution in [0.2, 0.25) is 0 Å². The molecule has 1 aliphatic rings. The van der Waals surface area contributed by atoms with Crippen LogP contribution in [0.4, 0.5) is 0 Å². The minimum atomic E-state index is -1.13. The van der Waals surface area contributed by atoms with Crippen LogP contribution in [0.3, 0.4) is 0 Å². The summed E-state index contributed by atoms with van der Waals surface area (Å²) in [5.41, 5.74) is 0.584. The Morgan fingerprint density at radius 1 is 1.53 bits per heavy atom. The van der Waals surface area contributed by atoms with E-state index in [1.165, 1.54) is 0 Å². The Kier molecular flexibility index (Phi) is 4.11. The quantitative estimate of drug-likeness (QED) is 0.822. The highest BCUT2D eigenvalue weighted by atomic mass is 16.4. The average Bonchev–Trinajstić information content (AvgIpc) is 2.38. The van der Waals surface area contributed by atoms with Crippen LogP contribution in [0, 0.1) is 0 Å². The lowest BCUT2D eigenvalue weighted by molar-refractivity contribution is -0.164. The molecule has 19 heavy (non-hydrogen) atoms. The van der Waals surface area contributed by atoms with Crippen LogP contribution in [0.25, 0.3) is 0 Å². The monoisotopic (exact) mass is 264 g/mol. The number of likely N-dealkylation sites (tertiary alicyclic amines) is 1. The van der Waals surface area contributed by atoms with Crippen molar-refractivity contribution in [1.82, 2.24) is 9.88 Å². The van der Waals surface area contributed by atoms with E-state index in [9.17, 15) is 19.8 Å². The fraction of sp³-hybridized carbons (Fsp3) is 0.462. The number of amides is 1. The van der Waals surface area contributed by atoms with Crippen molar-refractivity contribution in [3.63, 3.8) is 0 Å². The molecule has 6 nitrogen and oxygen atoms in total. The minimum absolute atomic E-state index is 0.0962. The molecule has 1 aromatic rings. The number of pyridine rings is 1. The first-order valence-corrected chi connectivity index (χ1v) is 6.21. The van der Waals surface area contributed by atoms with E-state index < -0.39 is 18.2 Å². The van der Waals surface area contributed by atoms with Crippen molar-refractivity contribution in [2.24, 2.45) is 0 Å². The van der Waals surface area contributed by atoms with E-state index in [1.807, 2.05) is 0 Å². The van der Waals surface area contributed by atoms with Crippen LogP contribution in [-0.4, -0.2) is 44.2 Å². The van der Waals surface area contributed by atoms with Crippen molar-refractivity contribution in [1.29, 1.82) is 0 Å². The van der Waals surface area contributed by atoms with Crippen LogP contribution in [0.5, 0.6) is 0 Å². The van der Waals surface area contributed by atoms with Crippen LogP contribution >= 0.6 is 0 Å². The Morgan fingerprint density at radius 3 is 2.89 bits per heavy atom. The first-order valence-electron chi connectivity index (χ1n) is 6.21. The van der Waals surface area contributed by atoms with Crippen molar-refractivity contribution in [2.45, 2.75) is 38.0 Å². The van der Waals surface area contributed by atoms with Gasteiger partial charge >= 0.3 is 5.97 Å². The SMILES string of the molecule is O=C(O)C(Cc1ccccn1)N1C(=O)CCCC1O. The van der Waals surface area contributed by atoms with Gasteiger partial charge in [-0.1, -0.05) is 6.07 Å². The number of piperidine rings is 1. The van der Waals surface area contributed by atoms with Gasteiger partial charge in [-0.25, -0.2) is 4.79 Å². The molecule has 6 heteroatoms. The molecule has 2 heterocycles. The molecular formula is C13H16N2O4. The van der Waals surface area contributed by atoms with Gasteiger partial charge in [-0.2, -0.15) is 0 Å². The van der Waals surface area contributed by atoms with Crippen molar-refractivity contribution < 1.29 is 19.8 Å². The van der Waals surface area contributed by atoms with Gasteiger partial charge in [-0.05, 0) is 25.0 Å². The van der Waals surface area contributed by atoms with Crippen molar-refractivity contribution in [3.8, 4) is 0 Å². The van der Waals surface area contributed by atoms with Gasteiger partial charge < -0.3 is 15.1 Å². The fourth-order valence-electron chi connectivity index (χ4n) is 2.27. The summed E-state index contributed by atoms with van der Waals surface area (Å²) in [7, 11) is 0. The average molecular weight is 264 g/mol. The van der Waals surface area contributed by atoms with Gasteiger partial charge in [0.1, 0.15) is 12.3 Å². The number of carboxylic acid groups (broad SMARTS) is 1. The van der Waals surface area contributed by atoms with Gasteiger partial charge in [0.05, 0.1) is 0 Å². The third-order valence-corrected chi connectivity index (χ3v) is 3.21. The highest BCUT2D eigenvalue weighted by Crippen LogP contribution is 2.21. The highest BCUT2D eigenvalue weighted by Gasteiger charge is 2.36. The van der Waals surface area contributed by atoms with E-state index in [2.05, 4.69) is 4.98 Å². The number of aliphatic carboxylic acids is 1. The van der Waals surface area contributed by atoms with Crippen LogP contribution in [0.15, 0.2) is 24.4 Å². The van der Waals surface area contributed by atoms with E-state index >= 15 is 0 Å². The highest BCUT2D eigenvalue weighted by molar-refractivity contribution is 5.84. The molecule has 2 unspecified atom stereocenters. The number of aliphatic hydroxyl groups excluding tert-OH is 1. The zero-order valence-corrected chi connectivity index (χ0v) is 10.4. The number of carbonyl (C=O) groups excluding carboxylic acids is 1. The maximum atomic E-state index is 11.8. The number of carboxylic acids is 1. The summed E-state index contributed by atoms with van der Waals surface area (Å²) < 4.78 is 0. The molecule has 2 rings (SSSR count). The second-order valence-corrected chi connectivity index (χ2v) is 4.55. The van der Waals surface area contributed by atoms with E-state index in [-0.39, 0.29) is 18.7 Å². The molecule has 1 aromatic heterocycles. The van der Waals surface area contributed by atoms with Crippen LogP contribution in [0.1, 0.15) is 25.0 Å². The molecule has 0 bridgehead atoms. The van der Waals surface area contributed by atoms with E-state index in [4.69, 9.17) is 0 Å². The number of hydrogen-bond acceptors (Lipinski definition) is 4. The third kappa shape index (κ3) is 3.08. The van der Waals surface area contributed by atoms with Gasteiger partial charge in [0, 0.05) is 24.7 Å². The molecule has 1 amide bonds. The lowest BCUT2D eigenvalue weighted by Crippen LogP contribution is -2.53. The zero-order valence-electron chi connectivity index (χ0n) is 10.4. The predicted octanol–water partition coefficient (Wildman–Crippen LogP) is 0.408. The number of aromatic nitrogens is 1. The Labute approximate surface area is 110 Å². The van der Waals surface area contributed by atoms with Gasteiger partial charge in [0.25, 0.3) is 0 Å². The fourth-order valence-corrected chi connectivity index (χ4v) is 2.27. The lowest BCUT2D eigenvalue weighted by atomic mass is 10.0. The van der Waals surface area contributed by atoms with Crippen molar-refractivity contribution in [3.05, 3.63) is 30.1 Å². The summed E-state index contributed by atoms with van der Waals surface area (Å²) in [6.45, 7) is 0. The summed E-state index contributed by atoms with van der Waals surface area (Å²) in [6, 6.07) is 4.13. The first-order chi connectivity index (χ1) is 9.09. The molecular weight excluding hydrogens is 248 g/mol. The third-order valence-electron chi connectivity index (χ3n) is 3.21. The van der Waals surface area contributed by atoms with E-state index in [0.717, 1.165) is 4.90 Å². The Bertz CT molecular complexity index is 463. The normalized spacial score (nSPS) is 21.2. The summed E-state index contributed by atoms with van der Waals surface area (Å²) in [5.74, 6) is -1.44. The van der Waals surface area contributed by atoms with Gasteiger partial charge in [0.2, 0.25) is 5.91 Å². The number of hydrogen-bond donors (Lipinski definition) is 2. The molecule has 1 aliphatic heterocycles. The molecule has 2 N–H and O–H groups in total. The molecule has 0 radical (unpaired) electrons. The second-order valence-electron chi connectivity index (χ2n) is 4.55. The molecule has 0 aromatic carbocycles. The van der Waals surface area contributed by atoms with Crippen LogP contribution < -0.4 is 0 Å². The van der Waals surface area contributed by atoms with Crippen molar-refractivity contribution >= 4 is 11.9 Å². The Morgan fingerprint density at radius 2 is 2.32 bits per heavy atom. The summed E-state index contributed by atoms with van der Waals surface area (Å²) in [4.78, 5) is 28.3. The summed E-state index contributed by atoms with van der Waals surface area (Å²) >= 11 is 0. The standard InChI is InChI=1S/C13H16N2O4/c16-11-5-3-6-12(17)15(11)10(13(18)19)8-9-4-1-2-7-14-9/h1-2,4,7,10-11,16H,3,5-6,8H2,(H,18,19). The molecule has 0 aliphatic carbocycles. The zero-order chi connectivity index (χ0) is 13.8. The summed E-state index contributed by atoms with van der Waals surface area (Å²) in [5, 5.41) is 19.1. The van der Waals surface area contributed by atoms with E-state index in [1.54, 1.807) is 24.4 Å². The maximum absolute atomic E-state index is 11.8. The van der Waals surface area contributed by atoms with E-state index in [0.29, 0.717) is 18.5 Å². The topological polar surface area (TPSA) is 90.7 Å². The molecule has 1 saturated heterocycles. The second kappa shape index (κ2) is 5.79. The molecule has 1 fully saturated rings.